The van der Waals surface area contributed by atoms with Gasteiger partial charge in [-0.05, 0) is 44.2 Å². The highest BCUT2D eigenvalue weighted by Crippen LogP contribution is 2.22. The van der Waals surface area contributed by atoms with Crippen LogP contribution < -0.4 is 0 Å². The van der Waals surface area contributed by atoms with E-state index in [2.05, 4.69) is 0 Å². The van der Waals surface area contributed by atoms with E-state index in [1.807, 2.05) is 11.5 Å². The van der Waals surface area contributed by atoms with Crippen molar-refractivity contribution >= 4 is 29.5 Å². The summed E-state index contributed by atoms with van der Waals surface area (Å²) in [5.74, 6) is -2.50. The Morgan fingerprint density at radius 1 is 1.00 bits per heavy atom. The van der Waals surface area contributed by atoms with Gasteiger partial charge in [-0.2, -0.15) is 0 Å². The summed E-state index contributed by atoms with van der Waals surface area (Å²) in [6, 6.07) is 8.43. The van der Waals surface area contributed by atoms with Gasteiger partial charge in [-0.1, -0.05) is 0 Å². The molecule has 0 spiro atoms. The molecule has 0 saturated carbocycles. The van der Waals surface area contributed by atoms with Crippen LogP contribution in [-0.2, 0) is 23.9 Å². The zero-order valence-corrected chi connectivity index (χ0v) is 17.5. The predicted molar refractivity (Wildman–Crippen MR) is 108 cm³/mol. The number of nitrogens with zero attached hydrogens (tertiary/aromatic N) is 2. The second-order valence-corrected chi connectivity index (χ2v) is 7.12. The molecular formula is C22H22N2O7. The zero-order chi connectivity index (χ0) is 22.7. The van der Waals surface area contributed by atoms with Gasteiger partial charge in [0.1, 0.15) is 6.54 Å². The fourth-order valence-electron chi connectivity index (χ4n) is 3.50. The molecule has 0 radical (unpaired) electrons. The SMILES string of the molecule is COC(=O)c1ccc(-n2c(C)cc(C(=O)COC(=O)CN3C(=O)CCC3=O)c2C)cc1. The first-order valence-electron chi connectivity index (χ1n) is 9.62. The number of hydrogen-bond donors (Lipinski definition) is 0. The number of ketones is 1. The average Bonchev–Trinajstić information content (AvgIpc) is 3.24. The Hall–Kier alpha value is -3.75. The Morgan fingerprint density at radius 3 is 2.19 bits per heavy atom. The molecule has 2 amide bonds. The normalized spacial score (nSPS) is 13.5. The maximum Gasteiger partial charge on any atom is 0.337 e. The predicted octanol–water partition coefficient (Wildman–Crippen LogP) is 1.76. The van der Waals surface area contributed by atoms with E-state index in [1.165, 1.54) is 7.11 Å². The molecule has 31 heavy (non-hydrogen) atoms. The fraction of sp³-hybridized carbons (Fsp3) is 0.318. The third-order valence-corrected chi connectivity index (χ3v) is 5.08. The Labute approximate surface area is 178 Å². The highest BCUT2D eigenvalue weighted by atomic mass is 16.5. The second kappa shape index (κ2) is 8.95. The van der Waals surface area contributed by atoms with Crippen molar-refractivity contribution in [2.45, 2.75) is 26.7 Å². The number of ether oxygens (including phenoxy) is 2. The van der Waals surface area contributed by atoms with Gasteiger partial charge >= 0.3 is 11.9 Å². The Bertz CT molecular complexity index is 1050. The molecule has 0 atom stereocenters. The van der Waals surface area contributed by atoms with Crippen LogP contribution in [0.2, 0.25) is 0 Å². The van der Waals surface area contributed by atoms with Crippen LogP contribution in [-0.4, -0.2) is 59.3 Å². The monoisotopic (exact) mass is 426 g/mol. The van der Waals surface area contributed by atoms with Crippen LogP contribution in [0.5, 0.6) is 0 Å². The van der Waals surface area contributed by atoms with Gasteiger partial charge in [0.05, 0.1) is 12.7 Å². The second-order valence-electron chi connectivity index (χ2n) is 7.12. The average molecular weight is 426 g/mol. The number of carbonyl (C=O) groups excluding carboxylic acids is 5. The summed E-state index contributed by atoms with van der Waals surface area (Å²) < 4.78 is 11.5. The van der Waals surface area contributed by atoms with Crippen LogP contribution in [0.4, 0.5) is 0 Å². The van der Waals surface area contributed by atoms with Crippen molar-refractivity contribution in [3.05, 3.63) is 52.8 Å². The van der Waals surface area contributed by atoms with Crippen LogP contribution >= 0.6 is 0 Å². The fourth-order valence-corrected chi connectivity index (χ4v) is 3.50. The highest BCUT2D eigenvalue weighted by molar-refractivity contribution is 6.04. The third-order valence-electron chi connectivity index (χ3n) is 5.08. The van der Waals surface area contributed by atoms with E-state index in [0.717, 1.165) is 16.3 Å². The maximum atomic E-state index is 12.6. The van der Waals surface area contributed by atoms with Crippen LogP contribution in [0.15, 0.2) is 30.3 Å². The first-order chi connectivity index (χ1) is 14.7. The highest BCUT2D eigenvalue weighted by Gasteiger charge is 2.31. The summed E-state index contributed by atoms with van der Waals surface area (Å²) in [5, 5.41) is 0. The van der Waals surface area contributed by atoms with Gasteiger partial charge < -0.3 is 14.0 Å². The standard InChI is InChI=1S/C22H22N2O7/c1-13-10-17(14(2)24(13)16-6-4-15(5-7-16)22(29)30-3)18(25)12-31-21(28)11-23-19(26)8-9-20(23)27/h4-7,10H,8-9,11-12H2,1-3H3. The molecule has 2 heterocycles. The molecule has 9 nitrogen and oxygen atoms in total. The molecule has 1 fully saturated rings. The molecule has 3 rings (SSSR count). The molecule has 0 unspecified atom stereocenters. The van der Waals surface area contributed by atoms with Gasteiger partial charge in [0.25, 0.3) is 0 Å². The lowest BCUT2D eigenvalue weighted by molar-refractivity contribution is -0.151. The van der Waals surface area contributed by atoms with Crippen molar-refractivity contribution < 1.29 is 33.4 Å². The van der Waals surface area contributed by atoms with E-state index >= 15 is 0 Å². The van der Waals surface area contributed by atoms with Crippen molar-refractivity contribution in [1.82, 2.24) is 9.47 Å². The van der Waals surface area contributed by atoms with Crippen LogP contribution in [0.3, 0.4) is 0 Å². The minimum atomic E-state index is -0.816. The number of rotatable bonds is 7. The molecule has 2 aromatic rings. The molecule has 1 saturated heterocycles. The number of aromatic nitrogens is 1. The lowest BCUT2D eigenvalue weighted by Gasteiger charge is -2.13. The van der Waals surface area contributed by atoms with Gasteiger partial charge in [-0.25, -0.2) is 4.79 Å². The minimum Gasteiger partial charge on any atom is -0.465 e. The smallest absolute Gasteiger partial charge is 0.337 e. The summed E-state index contributed by atoms with van der Waals surface area (Å²) in [6.45, 7) is 2.60. The molecule has 1 aliphatic heterocycles. The van der Waals surface area contributed by atoms with E-state index in [9.17, 15) is 24.0 Å². The summed E-state index contributed by atoms with van der Waals surface area (Å²) in [7, 11) is 1.31. The number of aryl methyl sites for hydroxylation is 1. The molecule has 0 aliphatic carbocycles. The van der Waals surface area contributed by atoms with E-state index in [0.29, 0.717) is 16.8 Å². The van der Waals surface area contributed by atoms with Crippen molar-refractivity contribution in [2.24, 2.45) is 0 Å². The number of esters is 2. The van der Waals surface area contributed by atoms with Crippen molar-refractivity contribution in [2.75, 3.05) is 20.3 Å². The number of hydrogen-bond acceptors (Lipinski definition) is 7. The van der Waals surface area contributed by atoms with Gasteiger partial charge in [0.2, 0.25) is 17.6 Å². The molecule has 162 valence electrons. The summed E-state index contributed by atoms with van der Waals surface area (Å²) in [5.41, 5.74) is 2.98. The van der Waals surface area contributed by atoms with Gasteiger partial charge in [0.15, 0.2) is 6.61 Å². The van der Waals surface area contributed by atoms with Crippen molar-refractivity contribution in [3.8, 4) is 5.69 Å². The van der Waals surface area contributed by atoms with Crippen molar-refractivity contribution in [1.29, 1.82) is 0 Å². The first-order valence-corrected chi connectivity index (χ1v) is 9.62. The number of likely N-dealkylation sites (tertiary alicyclic amines) is 1. The lowest BCUT2D eigenvalue weighted by Crippen LogP contribution is -2.35. The molecular weight excluding hydrogens is 404 g/mol. The van der Waals surface area contributed by atoms with Gasteiger partial charge in [-0.15, -0.1) is 0 Å². The van der Waals surface area contributed by atoms with E-state index in [4.69, 9.17) is 9.47 Å². The molecule has 0 bridgehead atoms. The zero-order valence-electron chi connectivity index (χ0n) is 17.5. The molecule has 1 aliphatic rings. The number of methoxy groups -OCH3 is 1. The summed E-state index contributed by atoms with van der Waals surface area (Å²) in [4.78, 5) is 60.2. The molecule has 9 heteroatoms. The Morgan fingerprint density at radius 2 is 1.61 bits per heavy atom. The van der Waals surface area contributed by atoms with Crippen molar-refractivity contribution in [3.63, 3.8) is 0 Å². The largest absolute Gasteiger partial charge is 0.465 e. The first kappa shape index (κ1) is 21.9. The summed E-state index contributed by atoms with van der Waals surface area (Å²) in [6.07, 6.45) is 0.162. The van der Waals surface area contributed by atoms with Crippen LogP contribution in [0.25, 0.3) is 5.69 Å². The maximum absolute atomic E-state index is 12.6. The van der Waals surface area contributed by atoms with Gasteiger partial charge in [0, 0.05) is 35.5 Å². The van der Waals surface area contributed by atoms with Crippen LogP contribution in [0.1, 0.15) is 44.9 Å². The minimum absolute atomic E-state index is 0.0810. The molecule has 0 N–H and O–H groups in total. The Kier molecular flexibility index (Phi) is 6.33. The van der Waals surface area contributed by atoms with E-state index in [-0.39, 0.29) is 12.8 Å². The number of imide groups is 1. The van der Waals surface area contributed by atoms with Gasteiger partial charge in [-0.3, -0.25) is 24.1 Å². The number of benzene rings is 1. The quantitative estimate of drug-likeness (QED) is 0.377. The van der Waals surface area contributed by atoms with Crippen LogP contribution in [0, 0.1) is 13.8 Å². The van der Waals surface area contributed by atoms with E-state index in [1.54, 1.807) is 37.3 Å². The third kappa shape index (κ3) is 4.55. The number of carbonyl (C=O) groups is 5. The van der Waals surface area contributed by atoms with E-state index < -0.39 is 42.7 Å². The number of amides is 2. The Balaban J connectivity index is 1.69. The lowest BCUT2D eigenvalue weighted by atomic mass is 10.1. The molecule has 1 aromatic carbocycles. The number of Topliss-reactive ketones (excluding diaryl/α,β-unsaturated/α-hetero) is 1. The topological polar surface area (TPSA) is 112 Å². The molecule has 1 aromatic heterocycles. The summed E-state index contributed by atoms with van der Waals surface area (Å²) >= 11 is 0.